The van der Waals surface area contributed by atoms with Gasteiger partial charge in [0, 0.05) is 11.6 Å². The summed E-state index contributed by atoms with van der Waals surface area (Å²) in [6.45, 7) is 2.97. The van der Waals surface area contributed by atoms with Gasteiger partial charge in [0.15, 0.2) is 6.61 Å². The van der Waals surface area contributed by atoms with Gasteiger partial charge in [-0.2, -0.15) is 0 Å². The normalized spacial score (nSPS) is 10.6. The molecule has 0 aliphatic carbocycles. The van der Waals surface area contributed by atoms with E-state index in [-0.39, 0.29) is 6.61 Å². The largest absolute Gasteiger partial charge is 0.484 e. The summed E-state index contributed by atoms with van der Waals surface area (Å²) in [5.41, 5.74) is 2.38. The predicted molar refractivity (Wildman–Crippen MR) is 93.5 cm³/mol. The molecule has 124 valence electrons. The number of aryl methyl sites for hydroxylation is 1. The number of benzene rings is 2. The Labute approximate surface area is 145 Å². The van der Waals surface area contributed by atoms with Crippen LogP contribution in [-0.2, 0) is 13.0 Å². The summed E-state index contributed by atoms with van der Waals surface area (Å²) in [6, 6.07) is 16.0. The molecule has 5 nitrogen and oxygen atoms in total. The Morgan fingerprint density at radius 3 is 2.54 bits per heavy atom. The van der Waals surface area contributed by atoms with Crippen LogP contribution in [0.25, 0.3) is 0 Å². The molecule has 0 spiro atoms. The van der Waals surface area contributed by atoms with Crippen molar-refractivity contribution in [2.24, 2.45) is 0 Å². The molecule has 0 bridgehead atoms. The first kappa shape index (κ1) is 16.3. The highest BCUT2D eigenvalue weighted by molar-refractivity contribution is 6.30. The summed E-state index contributed by atoms with van der Waals surface area (Å²) in [6.07, 6.45) is 0.842. The lowest BCUT2D eigenvalue weighted by molar-refractivity contribution is 0.264. The monoisotopic (exact) mass is 343 g/mol. The van der Waals surface area contributed by atoms with Crippen molar-refractivity contribution in [2.75, 3.05) is 11.9 Å². The van der Waals surface area contributed by atoms with Crippen LogP contribution in [0.2, 0.25) is 5.02 Å². The van der Waals surface area contributed by atoms with Crippen molar-refractivity contribution in [1.29, 1.82) is 0 Å². The van der Waals surface area contributed by atoms with E-state index >= 15 is 0 Å². The van der Waals surface area contributed by atoms with Crippen molar-refractivity contribution in [3.8, 4) is 5.75 Å². The second-order valence-electron chi connectivity index (χ2n) is 5.41. The van der Waals surface area contributed by atoms with Gasteiger partial charge in [0.2, 0.25) is 0 Å². The van der Waals surface area contributed by atoms with E-state index in [1.54, 1.807) is 0 Å². The zero-order valence-corrected chi connectivity index (χ0v) is 14.1. The molecular weight excluding hydrogens is 326 g/mol. The Morgan fingerprint density at radius 2 is 1.79 bits per heavy atom. The molecule has 1 heterocycles. The molecule has 0 fully saturated rings. The van der Waals surface area contributed by atoms with Crippen LogP contribution >= 0.6 is 11.6 Å². The number of ether oxygens (including phenoxy) is 1. The maximum Gasteiger partial charge on any atom is 0.315 e. The van der Waals surface area contributed by atoms with Crippen molar-refractivity contribution < 1.29 is 9.15 Å². The number of halogens is 1. The molecule has 0 saturated carbocycles. The number of nitrogens with zero attached hydrogens (tertiary/aromatic N) is 2. The van der Waals surface area contributed by atoms with E-state index in [9.17, 15) is 0 Å². The quantitative estimate of drug-likeness (QED) is 0.694. The van der Waals surface area contributed by atoms with Crippen molar-refractivity contribution in [3.63, 3.8) is 0 Å². The first-order valence-electron chi connectivity index (χ1n) is 7.69. The highest BCUT2D eigenvalue weighted by Crippen LogP contribution is 2.14. The molecule has 3 rings (SSSR count). The van der Waals surface area contributed by atoms with E-state index in [4.69, 9.17) is 20.8 Å². The molecule has 0 saturated heterocycles. The summed E-state index contributed by atoms with van der Waals surface area (Å²) in [5, 5.41) is 11.8. The second-order valence-corrected chi connectivity index (χ2v) is 5.84. The fourth-order valence-electron chi connectivity index (χ4n) is 2.13. The van der Waals surface area contributed by atoms with Crippen molar-refractivity contribution >= 4 is 17.6 Å². The van der Waals surface area contributed by atoms with E-state index in [0.717, 1.165) is 17.2 Å². The smallest absolute Gasteiger partial charge is 0.315 e. The molecule has 6 heteroatoms. The van der Waals surface area contributed by atoms with Crippen LogP contribution in [0.5, 0.6) is 5.75 Å². The summed E-state index contributed by atoms with van der Waals surface area (Å²) in [5.74, 6) is 1.21. The van der Waals surface area contributed by atoms with E-state index in [1.165, 1.54) is 11.1 Å². The fourth-order valence-corrected chi connectivity index (χ4v) is 2.25. The van der Waals surface area contributed by atoms with Crippen molar-refractivity contribution in [1.82, 2.24) is 10.2 Å². The van der Waals surface area contributed by atoms with E-state index in [2.05, 4.69) is 15.5 Å². The standard InChI is InChI=1S/C18H18ClN3O2/c1-13-2-8-16(9-3-13)23-12-17-21-22-18(24-17)20-11-10-14-4-6-15(19)7-5-14/h2-9H,10-12H2,1H3,(H,20,22). The minimum absolute atomic E-state index is 0.245. The summed E-state index contributed by atoms with van der Waals surface area (Å²) in [4.78, 5) is 0. The highest BCUT2D eigenvalue weighted by Gasteiger charge is 2.06. The van der Waals surface area contributed by atoms with Crippen LogP contribution in [-0.4, -0.2) is 16.7 Å². The Hall–Kier alpha value is -2.53. The number of rotatable bonds is 7. The van der Waals surface area contributed by atoms with Crippen molar-refractivity contribution in [3.05, 3.63) is 70.6 Å². The molecule has 3 aromatic rings. The number of nitrogens with one attached hydrogen (secondary N) is 1. The van der Waals surface area contributed by atoms with Gasteiger partial charge in [-0.1, -0.05) is 46.5 Å². The molecule has 0 unspecified atom stereocenters. The molecule has 0 aliphatic rings. The van der Waals surface area contributed by atoms with Gasteiger partial charge in [-0.15, -0.1) is 5.10 Å². The minimum Gasteiger partial charge on any atom is -0.484 e. The summed E-state index contributed by atoms with van der Waals surface area (Å²) < 4.78 is 11.1. The third-order valence-electron chi connectivity index (χ3n) is 3.45. The lowest BCUT2D eigenvalue weighted by Gasteiger charge is -2.03. The van der Waals surface area contributed by atoms with Gasteiger partial charge in [0.1, 0.15) is 5.75 Å². The topological polar surface area (TPSA) is 60.2 Å². The average Bonchev–Trinajstić information content (AvgIpc) is 3.04. The predicted octanol–water partition coefficient (Wildman–Crippen LogP) is 4.27. The number of aromatic nitrogens is 2. The van der Waals surface area contributed by atoms with Gasteiger partial charge < -0.3 is 14.5 Å². The molecule has 0 aliphatic heterocycles. The van der Waals surface area contributed by atoms with Gasteiger partial charge >= 0.3 is 6.01 Å². The molecule has 1 aromatic heterocycles. The minimum atomic E-state index is 0.245. The van der Waals surface area contributed by atoms with Crippen LogP contribution in [0.4, 0.5) is 6.01 Å². The fraction of sp³-hybridized carbons (Fsp3) is 0.222. The third kappa shape index (κ3) is 4.73. The highest BCUT2D eigenvalue weighted by atomic mass is 35.5. The Morgan fingerprint density at radius 1 is 1.04 bits per heavy atom. The Bertz CT molecular complexity index is 770. The van der Waals surface area contributed by atoms with E-state index < -0.39 is 0 Å². The van der Waals surface area contributed by atoms with Crippen LogP contribution in [0.1, 0.15) is 17.0 Å². The maximum absolute atomic E-state index is 5.87. The van der Waals surface area contributed by atoms with Crippen LogP contribution in [0.15, 0.2) is 52.9 Å². The van der Waals surface area contributed by atoms with Gasteiger partial charge in [-0.05, 0) is 43.2 Å². The molecule has 24 heavy (non-hydrogen) atoms. The van der Waals surface area contributed by atoms with Crippen LogP contribution in [0, 0.1) is 6.92 Å². The van der Waals surface area contributed by atoms with Crippen LogP contribution in [0.3, 0.4) is 0 Å². The number of hydrogen-bond acceptors (Lipinski definition) is 5. The summed E-state index contributed by atoms with van der Waals surface area (Å²) >= 11 is 5.87. The number of anilines is 1. The molecular formula is C18H18ClN3O2. The van der Waals surface area contributed by atoms with Gasteiger partial charge in [0.05, 0.1) is 0 Å². The van der Waals surface area contributed by atoms with Gasteiger partial charge in [-0.3, -0.25) is 0 Å². The first-order chi connectivity index (χ1) is 11.7. The van der Waals surface area contributed by atoms with Crippen molar-refractivity contribution in [2.45, 2.75) is 20.0 Å². The second kappa shape index (κ2) is 7.84. The maximum atomic E-state index is 5.87. The van der Waals surface area contributed by atoms with Crippen LogP contribution < -0.4 is 10.1 Å². The van der Waals surface area contributed by atoms with Gasteiger partial charge in [-0.25, -0.2) is 0 Å². The molecule has 0 radical (unpaired) electrons. The van der Waals surface area contributed by atoms with E-state index in [1.807, 2.05) is 55.5 Å². The zero-order valence-electron chi connectivity index (χ0n) is 13.3. The Balaban J connectivity index is 1.45. The Kier molecular flexibility index (Phi) is 5.33. The average molecular weight is 344 g/mol. The molecule has 0 amide bonds. The number of hydrogen-bond donors (Lipinski definition) is 1. The SMILES string of the molecule is Cc1ccc(OCc2nnc(NCCc3ccc(Cl)cc3)o2)cc1. The van der Waals surface area contributed by atoms with Gasteiger partial charge in [0.25, 0.3) is 5.89 Å². The first-order valence-corrected chi connectivity index (χ1v) is 8.07. The lowest BCUT2D eigenvalue weighted by atomic mass is 10.1. The molecule has 2 aromatic carbocycles. The molecule has 1 N–H and O–H groups in total. The summed E-state index contributed by atoms with van der Waals surface area (Å²) in [7, 11) is 0. The van der Waals surface area contributed by atoms with E-state index in [0.29, 0.717) is 18.5 Å². The molecule has 0 atom stereocenters. The third-order valence-corrected chi connectivity index (χ3v) is 3.71. The lowest BCUT2D eigenvalue weighted by Crippen LogP contribution is -2.04. The zero-order chi connectivity index (χ0) is 16.8.